The first-order valence-electron chi connectivity index (χ1n) is 3.84. The van der Waals surface area contributed by atoms with Crippen molar-refractivity contribution in [1.29, 1.82) is 0 Å². The molecule has 0 aromatic carbocycles. The second-order valence-corrected chi connectivity index (χ2v) is 2.67. The highest BCUT2D eigenvalue weighted by molar-refractivity contribution is 6.41. The molecule has 0 radical (unpaired) electrons. The van der Waals surface area contributed by atoms with Crippen molar-refractivity contribution < 1.29 is 9.63 Å². The van der Waals surface area contributed by atoms with Gasteiger partial charge in [-0.15, -0.1) is 6.42 Å². The monoisotopic (exact) mass is 181 g/mol. The molecular formula is C8H11N3O2. The normalized spacial score (nSPS) is 25.0. The molecule has 1 fully saturated rings. The predicted octanol–water partition coefficient (Wildman–Crippen LogP) is -0.643. The maximum Gasteiger partial charge on any atom is 0.287 e. The first-order chi connectivity index (χ1) is 6.16. The molecule has 0 aliphatic carbocycles. The Labute approximate surface area is 76.7 Å². The average Bonchev–Trinajstić information content (AvgIpc) is 2.32. The van der Waals surface area contributed by atoms with Crippen LogP contribution in [0.15, 0.2) is 5.16 Å². The Kier molecular flexibility index (Phi) is 2.88. The highest BCUT2D eigenvalue weighted by Crippen LogP contribution is 2.02. The molecule has 5 heteroatoms. The number of hydrazine groups is 1. The molecule has 13 heavy (non-hydrogen) atoms. The van der Waals surface area contributed by atoms with E-state index in [1.807, 2.05) is 6.92 Å². The Morgan fingerprint density at radius 3 is 3.00 bits per heavy atom. The summed E-state index contributed by atoms with van der Waals surface area (Å²) in [5, 5.41) is 5.01. The number of oxime groups is 1. The van der Waals surface area contributed by atoms with Crippen LogP contribution in [0.3, 0.4) is 0 Å². The summed E-state index contributed by atoms with van der Waals surface area (Å²) in [6.45, 7) is 1.90. The fourth-order valence-corrected chi connectivity index (χ4v) is 1.02. The third-order valence-electron chi connectivity index (χ3n) is 1.63. The summed E-state index contributed by atoms with van der Waals surface area (Å²) in [6.07, 6.45) is 4.95. The lowest BCUT2D eigenvalue weighted by Gasteiger charge is -2.06. The number of carbonyl (C=O) groups is 1. The summed E-state index contributed by atoms with van der Waals surface area (Å²) in [5.74, 6) is 2.07. The van der Waals surface area contributed by atoms with E-state index in [1.54, 1.807) is 7.05 Å². The zero-order valence-corrected chi connectivity index (χ0v) is 7.57. The van der Waals surface area contributed by atoms with E-state index >= 15 is 0 Å². The second-order valence-electron chi connectivity index (χ2n) is 2.67. The Bertz CT molecular complexity index is 280. The van der Waals surface area contributed by atoms with Gasteiger partial charge in [0, 0.05) is 7.05 Å². The van der Waals surface area contributed by atoms with E-state index in [0.717, 1.165) is 0 Å². The van der Waals surface area contributed by atoms with E-state index in [4.69, 9.17) is 11.3 Å². The van der Waals surface area contributed by atoms with E-state index in [0.29, 0.717) is 5.71 Å². The van der Waals surface area contributed by atoms with Gasteiger partial charge in [-0.25, -0.2) is 5.43 Å². The van der Waals surface area contributed by atoms with Gasteiger partial charge < -0.3 is 4.84 Å². The van der Waals surface area contributed by atoms with Crippen LogP contribution >= 0.6 is 0 Å². The van der Waals surface area contributed by atoms with E-state index in [2.05, 4.69) is 16.5 Å². The number of hydrogen-bond donors (Lipinski definition) is 1. The van der Waals surface area contributed by atoms with Crippen molar-refractivity contribution in [3.8, 4) is 12.3 Å². The minimum Gasteiger partial charge on any atom is -0.382 e. The van der Waals surface area contributed by atoms with Crippen molar-refractivity contribution in [2.24, 2.45) is 5.16 Å². The molecule has 0 saturated carbocycles. The molecule has 1 amide bonds. The van der Waals surface area contributed by atoms with Crippen LogP contribution in [0, 0.1) is 12.3 Å². The zero-order valence-electron chi connectivity index (χ0n) is 7.57. The molecule has 1 N–H and O–H groups in total. The molecule has 70 valence electrons. The van der Waals surface area contributed by atoms with Gasteiger partial charge >= 0.3 is 0 Å². The summed E-state index contributed by atoms with van der Waals surface area (Å²) >= 11 is 0. The lowest BCUT2D eigenvalue weighted by atomic mass is 10.2. The van der Waals surface area contributed by atoms with Gasteiger partial charge in [-0.05, 0) is 6.92 Å². The maximum absolute atomic E-state index is 11.3. The highest BCUT2D eigenvalue weighted by Gasteiger charge is 2.31. The van der Waals surface area contributed by atoms with Crippen LogP contribution < -0.4 is 5.43 Å². The molecule has 5 nitrogen and oxygen atoms in total. The topological polar surface area (TPSA) is 53.9 Å². The van der Waals surface area contributed by atoms with E-state index in [9.17, 15) is 4.79 Å². The van der Waals surface area contributed by atoms with Crippen molar-refractivity contribution in [3.63, 3.8) is 0 Å². The van der Waals surface area contributed by atoms with Crippen LogP contribution in [0.25, 0.3) is 0 Å². The SMILES string of the molecule is C#CCON=C1C(=O)N(C)NC1C. The minimum atomic E-state index is -0.190. The van der Waals surface area contributed by atoms with Gasteiger partial charge in [0.25, 0.3) is 5.91 Å². The number of nitrogens with zero attached hydrogens (tertiary/aromatic N) is 2. The number of hydrogen-bond acceptors (Lipinski definition) is 4. The average molecular weight is 181 g/mol. The van der Waals surface area contributed by atoms with Gasteiger partial charge in [-0.2, -0.15) is 0 Å². The Hall–Kier alpha value is -1.54. The van der Waals surface area contributed by atoms with E-state index < -0.39 is 0 Å². The van der Waals surface area contributed by atoms with Crippen molar-refractivity contribution >= 4 is 11.6 Å². The quantitative estimate of drug-likeness (QED) is 0.350. The largest absolute Gasteiger partial charge is 0.382 e. The third kappa shape index (κ3) is 1.98. The predicted molar refractivity (Wildman–Crippen MR) is 47.6 cm³/mol. The lowest BCUT2D eigenvalue weighted by molar-refractivity contribution is -0.123. The number of carbonyl (C=O) groups excluding carboxylic acids is 1. The van der Waals surface area contributed by atoms with E-state index in [1.165, 1.54) is 5.01 Å². The van der Waals surface area contributed by atoms with Gasteiger partial charge in [0.2, 0.25) is 0 Å². The van der Waals surface area contributed by atoms with Gasteiger partial charge in [-0.1, -0.05) is 11.1 Å². The van der Waals surface area contributed by atoms with E-state index in [-0.39, 0.29) is 18.6 Å². The van der Waals surface area contributed by atoms with Crippen LogP contribution in [0.1, 0.15) is 6.92 Å². The Morgan fingerprint density at radius 1 is 1.85 bits per heavy atom. The van der Waals surface area contributed by atoms with Gasteiger partial charge in [0.15, 0.2) is 12.3 Å². The number of amides is 1. The van der Waals surface area contributed by atoms with Crippen LogP contribution in [0.4, 0.5) is 0 Å². The minimum absolute atomic E-state index is 0.0766. The summed E-state index contributed by atoms with van der Waals surface area (Å²) in [7, 11) is 1.63. The molecule has 0 aromatic rings. The third-order valence-corrected chi connectivity index (χ3v) is 1.63. The molecule has 1 aliphatic heterocycles. The molecule has 1 atom stereocenters. The van der Waals surface area contributed by atoms with Gasteiger partial charge in [0.05, 0.1) is 6.04 Å². The van der Waals surface area contributed by atoms with Crippen molar-refractivity contribution in [2.75, 3.05) is 13.7 Å². The van der Waals surface area contributed by atoms with Gasteiger partial charge in [-0.3, -0.25) is 9.80 Å². The lowest BCUT2D eigenvalue weighted by Crippen LogP contribution is -2.32. The first kappa shape index (κ1) is 9.55. The Balaban J connectivity index is 2.64. The van der Waals surface area contributed by atoms with Crippen LogP contribution in [-0.4, -0.2) is 36.3 Å². The summed E-state index contributed by atoms with van der Waals surface area (Å²) in [6, 6.07) is -0.129. The van der Waals surface area contributed by atoms with Crippen LogP contribution in [0.2, 0.25) is 0 Å². The first-order valence-corrected chi connectivity index (χ1v) is 3.84. The molecular weight excluding hydrogens is 170 g/mol. The van der Waals surface area contributed by atoms with Crippen molar-refractivity contribution in [2.45, 2.75) is 13.0 Å². The summed E-state index contributed by atoms with van der Waals surface area (Å²) in [4.78, 5) is 16.0. The maximum atomic E-state index is 11.3. The molecule has 1 heterocycles. The smallest absolute Gasteiger partial charge is 0.287 e. The standard InChI is InChI=1S/C8H11N3O2/c1-4-5-13-10-7-6(2)9-11(3)8(7)12/h1,6,9H,5H2,2-3H3. The molecule has 0 spiro atoms. The van der Waals surface area contributed by atoms with Crippen molar-refractivity contribution in [1.82, 2.24) is 10.4 Å². The summed E-state index contributed by atoms with van der Waals surface area (Å²) < 4.78 is 0. The number of terminal acetylenes is 1. The molecule has 1 unspecified atom stereocenters. The zero-order chi connectivity index (χ0) is 9.84. The summed E-state index contributed by atoms with van der Waals surface area (Å²) in [5.41, 5.74) is 3.21. The van der Waals surface area contributed by atoms with Crippen LogP contribution in [-0.2, 0) is 9.63 Å². The van der Waals surface area contributed by atoms with Crippen LogP contribution in [0.5, 0.6) is 0 Å². The second kappa shape index (κ2) is 3.92. The fraction of sp³-hybridized carbons (Fsp3) is 0.500. The fourth-order valence-electron chi connectivity index (χ4n) is 1.02. The molecule has 1 rings (SSSR count). The molecule has 0 bridgehead atoms. The highest BCUT2D eigenvalue weighted by atomic mass is 16.6. The Morgan fingerprint density at radius 2 is 2.54 bits per heavy atom. The molecule has 1 aliphatic rings. The number of nitrogens with one attached hydrogen (secondary N) is 1. The number of rotatable bonds is 2. The van der Waals surface area contributed by atoms with Crippen molar-refractivity contribution in [3.05, 3.63) is 0 Å². The molecule has 1 saturated heterocycles. The van der Waals surface area contributed by atoms with Gasteiger partial charge in [0.1, 0.15) is 0 Å². The molecule has 0 aromatic heterocycles.